The summed E-state index contributed by atoms with van der Waals surface area (Å²) in [6, 6.07) is 13.8. The number of furan rings is 1. The summed E-state index contributed by atoms with van der Waals surface area (Å²) in [5, 5.41) is 18.1. The first-order valence-electron chi connectivity index (χ1n) is 8.14. The molecule has 1 atom stereocenters. The molecule has 3 aromatic rings. The molecule has 2 aromatic heterocycles. The van der Waals surface area contributed by atoms with E-state index < -0.39 is 0 Å². The van der Waals surface area contributed by atoms with Crippen molar-refractivity contribution in [1.82, 2.24) is 19.9 Å². The summed E-state index contributed by atoms with van der Waals surface area (Å²) in [5.74, 6) is 0.873. The lowest BCUT2D eigenvalue weighted by Gasteiger charge is -2.28. The summed E-state index contributed by atoms with van der Waals surface area (Å²) in [5.41, 5.74) is 1.83. The van der Waals surface area contributed by atoms with Crippen LogP contribution in [0.1, 0.15) is 24.8 Å². The fourth-order valence-corrected chi connectivity index (χ4v) is 2.71. The van der Waals surface area contributed by atoms with Crippen LogP contribution in [0.5, 0.6) is 0 Å². The van der Waals surface area contributed by atoms with Gasteiger partial charge in [0, 0.05) is 12.6 Å². The van der Waals surface area contributed by atoms with Crippen LogP contribution in [-0.4, -0.2) is 37.6 Å². The second-order valence-electron chi connectivity index (χ2n) is 5.72. The highest BCUT2D eigenvalue weighted by Crippen LogP contribution is 2.15. The van der Waals surface area contributed by atoms with Gasteiger partial charge in [-0.1, -0.05) is 30.3 Å². The van der Waals surface area contributed by atoms with Gasteiger partial charge in [0.2, 0.25) is 0 Å². The highest BCUT2D eigenvalue weighted by molar-refractivity contribution is 5.29. The minimum absolute atomic E-state index is 0.0528. The zero-order valence-electron chi connectivity index (χ0n) is 13.7. The Bertz CT molecular complexity index is 721. The maximum absolute atomic E-state index is 9.67. The first-order chi connectivity index (χ1) is 11.8. The number of hydrogen-bond acceptors (Lipinski definition) is 5. The summed E-state index contributed by atoms with van der Waals surface area (Å²) < 4.78 is 7.22. The average molecular weight is 326 g/mol. The predicted molar refractivity (Wildman–Crippen MR) is 90.5 cm³/mol. The van der Waals surface area contributed by atoms with Gasteiger partial charge in [-0.2, -0.15) is 0 Å². The number of rotatable bonds is 8. The van der Waals surface area contributed by atoms with Gasteiger partial charge in [-0.15, -0.1) is 5.10 Å². The molecule has 24 heavy (non-hydrogen) atoms. The van der Waals surface area contributed by atoms with Gasteiger partial charge in [-0.05, 0) is 30.7 Å². The van der Waals surface area contributed by atoms with E-state index in [0.29, 0.717) is 13.1 Å². The van der Waals surface area contributed by atoms with Crippen LogP contribution < -0.4 is 0 Å². The smallest absolute Gasteiger partial charge is 0.117 e. The molecule has 0 saturated heterocycles. The number of hydrogen-bond donors (Lipinski definition) is 1. The van der Waals surface area contributed by atoms with Crippen molar-refractivity contribution in [3.63, 3.8) is 0 Å². The third-order valence-corrected chi connectivity index (χ3v) is 4.06. The third-order valence-electron chi connectivity index (χ3n) is 4.06. The zero-order valence-corrected chi connectivity index (χ0v) is 13.7. The Hall–Kier alpha value is -2.44. The molecule has 0 saturated carbocycles. The molecule has 3 rings (SSSR count). The van der Waals surface area contributed by atoms with E-state index in [1.165, 1.54) is 0 Å². The molecule has 0 bridgehead atoms. The number of aliphatic hydroxyl groups is 1. The topological polar surface area (TPSA) is 67.3 Å². The third kappa shape index (κ3) is 3.90. The lowest BCUT2D eigenvalue weighted by atomic mass is 10.2. The molecule has 0 spiro atoms. The number of benzene rings is 1. The summed E-state index contributed by atoms with van der Waals surface area (Å²) in [7, 11) is 0. The fraction of sp³-hybridized carbons (Fsp3) is 0.333. The monoisotopic (exact) mass is 326 g/mol. The van der Waals surface area contributed by atoms with Crippen LogP contribution in [0.2, 0.25) is 0 Å². The molecule has 0 fully saturated rings. The Balaban J connectivity index is 1.76. The predicted octanol–water partition coefficient (Wildman–Crippen LogP) is 2.63. The van der Waals surface area contributed by atoms with Crippen molar-refractivity contribution in [3.05, 3.63) is 66.4 Å². The molecule has 1 N–H and O–H groups in total. The molecule has 126 valence electrons. The maximum Gasteiger partial charge on any atom is 0.117 e. The molecule has 1 aromatic carbocycles. The number of nitrogens with zero attached hydrogens (tertiary/aromatic N) is 4. The lowest BCUT2D eigenvalue weighted by Crippen LogP contribution is -2.36. The SMILES string of the molecule is CC[C@H](CO)N(Cc1cn(-c2ccccc2)nn1)Cc1ccco1. The molecule has 0 radical (unpaired) electrons. The Morgan fingerprint density at radius 3 is 2.67 bits per heavy atom. The molecule has 6 nitrogen and oxygen atoms in total. The number of para-hydroxylation sites is 1. The van der Waals surface area contributed by atoms with Gasteiger partial charge < -0.3 is 9.52 Å². The minimum atomic E-state index is 0.0528. The van der Waals surface area contributed by atoms with Gasteiger partial charge in [0.15, 0.2) is 0 Å². The van der Waals surface area contributed by atoms with Crippen molar-refractivity contribution in [2.75, 3.05) is 6.61 Å². The summed E-state index contributed by atoms with van der Waals surface area (Å²) in [4.78, 5) is 2.16. The van der Waals surface area contributed by atoms with Gasteiger partial charge in [-0.25, -0.2) is 4.68 Å². The van der Waals surface area contributed by atoms with Crippen LogP contribution >= 0.6 is 0 Å². The lowest BCUT2D eigenvalue weighted by molar-refractivity contribution is 0.0987. The van der Waals surface area contributed by atoms with E-state index >= 15 is 0 Å². The molecule has 0 amide bonds. The first-order valence-corrected chi connectivity index (χ1v) is 8.14. The normalized spacial score (nSPS) is 12.6. The van der Waals surface area contributed by atoms with Crippen LogP contribution in [0.25, 0.3) is 5.69 Å². The van der Waals surface area contributed by atoms with Gasteiger partial charge >= 0.3 is 0 Å². The van der Waals surface area contributed by atoms with E-state index in [1.54, 1.807) is 10.9 Å². The second-order valence-corrected chi connectivity index (χ2v) is 5.72. The largest absolute Gasteiger partial charge is 0.468 e. The first kappa shape index (κ1) is 16.4. The molecular weight excluding hydrogens is 304 g/mol. The maximum atomic E-state index is 9.67. The number of aliphatic hydroxyl groups excluding tert-OH is 1. The summed E-state index contributed by atoms with van der Waals surface area (Å²) in [6.45, 7) is 3.40. The van der Waals surface area contributed by atoms with Crippen LogP contribution in [0.4, 0.5) is 0 Å². The van der Waals surface area contributed by atoms with Gasteiger partial charge in [-0.3, -0.25) is 4.90 Å². The fourth-order valence-electron chi connectivity index (χ4n) is 2.71. The molecule has 2 heterocycles. The van der Waals surface area contributed by atoms with E-state index in [1.807, 2.05) is 48.7 Å². The van der Waals surface area contributed by atoms with Crippen LogP contribution in [0, 0.1) is 0 Å². The standard InChI is InChI=1S/C18H22N4O2/c1-2-16(14-23)21(13-18-9-6-10-24-18)11-15-12-22(20-19-15)17-7-4-3-5-8-17/h3-10,12,16,23H,2,11,13-14H2,1H3/t16-/m1/s1. The summed E-state index contributed by atoms with van der Waals surface area (Å²) in [6.07, 6.45) is 4.44. The Morgan fingerprint density at radius 2 is 2.00 bits per heavy atom. The van der Waals surface area contributed by atoms with E-state index in [9.17, 15) is 5.11 Å². The summed E-state index contributed by atoms with van der Waals surface area (Å²) >= 11 is 0. The Kier molecular flexibility index (Phi) is 5.40. The van der Waals surface area contributed by atoms with Crippen molar-refractivity contribution in [2.24, 2.45) is 0 Å². The highest BCUT2D eigenvalue weighted by Gasteiger charge is 2.19. The van der Waals surface area contributed by atoms with Crippen molar-refractivity contribution >= 4 is 0 Å². The molecule has 0 aliphatic carbocycles. The Morgan fingerprint density at radius 1 is 1.17 bits per heavy atom. The number of aromatic nitrogens is 3. The van der Waals surface area contributed by atoms with Crippen molar-refractivity contribution in [2.45, 2.75) is 32.5 Å². The molecule has 0 aliphatic heterocycles. The van der Waals surface area contributed by atoms with E-state index in [4.69, 9.17) is 4.42 Å². The van der Waals surface area contributed by atoms with Gasteiger partial charge in [0.05, 0.1) is 37.0 Å². The molecule has 0 unspecified atom stereocenters. The van der Waals surface area contributed by atoms with E-state index in [2.05, 4.69) is 22.1 Å². The quantitative estimate of drug-likeness (QED) is 0.689. The zero-order chi connectivity index (χ0) is 16.8. The van der Waals surface area contributed by atoms with Crippen LogP contribution in [-0.2, 0) is 13.1 Å². The van der Waals surface area contributed by atoms with E-state index in [0.717, 1.165) is 23.6 Å². The van der Waals surface area contributed by atoms with Gasteiger partial charge in [0.1, 0.15) is 5.76 Å². The molecular formula is C18H22N4O2. The van der Waals surface area contributed by atoms with Crippen molar-refractivity contribution in [3.8, 4) is 5.69 Å². The van der Waals surface area contributed by atoms with Crippen LogP contribution in [0.15, 0.2) is 59.3 Å². The van der Waals surface area contributed by atoms with E-state index in [-0.39, 0.29) is 12.6 Å². The Labute approximate surface area is 141 Å². The van der Waals surface area contributed by atoms with Crippen molar-refractivity contribution in [1.29, 1.82) is 0 Å². The highest BCUT2D eigenvalue weighted by atomic mass is 16.3. The molecule has 6 heteroatoms. The second kappa shape index (κ2) is 7.90. The van der Waals surface area contributed by atoms with Crippen molar-refractivity contribution < 1.29 is 9.52 Å². The minimum Gasteiger partial charge on any atom is -0.468 e. The molecule has 0 aliphatic rings. The van der Waals surface area contributed by atoms with Crippen LogP contribution in [0.3, 0.4) is 0 Å². The average Bonchev–Trinajstić information content (AvgIpc) is 3.29. The van der Waals surface area contributed by atoms with Gasteiger partial charge in [0.25, 0.3) is 0 Å².